The van der Waals surface area contributed by atoms with Gasteiger partial charge in [-0.3, -0.25) is 4.79 Å². The van der Waals surface area contributed by atoms with E-state index >= 15 is 0 Å². The topological polar surface area (TPSA) is 76.1 Å². The summed E-state index contributed by atoms with van der Waals surface area (Å²) in [7, 11) is 1.66. The summed E-state index contributed by atoms with van der Waals surface area (Å²) in [5.41, 5.74) is 0.618. The van der Waals surface area contributed by atoms with Gasteiger partial charge in [0.05, 0.1) is 6.04 Å². The molecular formula is C16H16F4N4O2. The molecule has 0 bridgehead atoms. The van der Waals surface area contributed by atoms with Gasteiger partial charge in [-0.15, -0.1) is 0 Å². The van der Waals surface area contributed by atoms with Crippen molar-refractivity contribution in [3.8, 4) is 5.88 Å². The van der Waals surface area contributed by atoms with Gasteiger partial charge in [0.15, 0.2) is 12.4 Å². The Kier molecular flexibility index (Phi) is 5.96. The van der Waals surface area contributed by atoms with Gasteiger partial charge in [-0.1, -0.05) is 0 Å². The van der Waals surface area contributed by atoms with Crippen molar-refractivity contribution in [3.05, 3.63) is 47.5 Å². The fourth-order valence-electron chi connectivity index (χ4n) is 2.01. The summed E-state index contributed by atoms with van der Waals surface area (Å²) in [4.78, 5) is 19.8. The number of carbonyl (C=O) groups excluding carboxylic acids is 1. The minimum atomic E-state index is -4.59. The molecule has 0 fully saturated rings. The SMILES string of the molecule is CNc1cc(C(=O)NC(C)c2cnc(OCC(F)(F)F)c(F)c2)ccn1. The standard InChI is InChI=1S/C16H16F4N4O2/c1-9(24-14(25)10-3-4-22-13(6-10)21-2)11-5-12(17)15(23-7-11)26-8-16(18,19)20/h3-7,9H,8H2,1-2H3,(H,21,22)(H,24,25). The van der Waals surface area contributed by atoms with Crippen LogP contribution in [0.1, 0.15) is 28.9 Å². The maximum Gasteiger partial charge on any atom is 0.422 e. The lowest BCUT2D eigenvalue weighted by molar-refractivity contribution is -0.154. The fraction of sp³-hybridized carbons (Fsp3) is 0.312. The molecule has 0 saturated heterocycles. The number of anilines is 1. The zero-order valence-electron chi connectivity index (χ0n) is 13.9. The van der Waals surface area contributed by atoms with Crippen LogP contribution in [0, 0.1) is 5.82 Å². The molecule has 0 aliphatic rings. The molecule has 1 atom stereocenters. The predicted molar refractivity (Wildman–Crippen MR) is 85.4 cm³/mol. The Morgan fingerprint density at radius 1 is 1.31 bits per heavy atom. The van der Waals surface area contributed by atoms with Gasteiger partial charge >= 0.3 is 6.18 Å². The first-order chi connectivity index (χ1) is 12.2. The van der Waals surface area contributed by atoms with E-state index in [9.17, 15) is 22.4 Å². The third-order valence-electron chi connectivity index (χ3n) is 3.33. The summed E-state index contributed by atoms with van der Waals surface area (Å²) in [6, 6.07) is 3.38. The number of nitrogens with zero attached hydrogens (tertiary/aromatic N) is 2. The molecule has 0 spiro atoms. The summed E-state index contributed by atoms with van der Waals surface area (Å²) in [6.07, 6.45) is -1.99. The number of rotatable bonds is 6. The molecule has 140 valence electrons. The quantitative estimate of drug-likeness (QED) is 0.762. The zero-order valence-corrected chi connectivity index (χ0v) is 13.9. The van der Waals surface area contributed by atoms with Crippen molar-refractivity contribution in [2.75, 3.05) is 19.0 Å². The van der Waals surface area contributed by atoms with Crippen LogP contribution in [0.15, 0.2) is 30.6 Å². The molecule has 6 nitrogen and oxygen atoms in total. The minimum absolute atomic E-state index is 0.276. The molecule has 0 saturated carbocycles. The monoisotopic (exact) mass is 372 g/mol. The van der Waals surface area contributed by atoms with E-state index < -0.39 is 36.4 Å². The molecule has 0 aliphatic heterocycles. The average Bonchev–Trinajstić information content (AvgIpc) is 2.59. The third-order valence-corrected chi connectivity index (χ3v) is 3.33. The Labute approximate surface area is 146 Å². The molecule has 1 amide bonds. The minimum Gasteiger partial charge on any atom is -0.466 e. The van der Waals surface area contributed by atoms with Crippen molar-refractivity contribution in [1.29, 1.82) is 0 Å². The first-order valence-electron chi connectivity index (χ1n) is 7.49. The first-order valence-corrected chi connectivity index (χ1v) is 7.49. The highest BCUT2D eigenvalue weighted by Crippen LogP contribution is 2.22. The summed E-state index contributed by atoms with van der Waals surface area (Å²) < 4.78 is 54.5. The molecular weight excluding hydrogens is 356 g/mol. The second-order valence-electron chi connectivity index (χ2n) is 5.33. The normalized spacial score (nSPS) is 12.4. The van der Waals surface area contributed by atoms with Gasteiger partial charge in [0.25, 0.3) is 11.8 Å². The van der Waals surface area contributed by atoms with Crippen molar-refractivity contribution >= 4 is 11.7 Å². The maximum atomic E-state index is 13.9. The van der Waals surface area contributed by atoms with Crippen molar-refractivity contribution in [3.63, 3.8) is 0 Å². The molecule has 2 aromatic rings. The van der Waals surface area contributed by atoms with Crippen LogP contribution in [-0.4, -0.2) is 35.7 Å². The number of aromatic nitrogens is 2. The van der Waals surface area contributed by atoms with E-state index in [4.69, 9.17) is 0 Å². The Morgan fingerprint density at radius 3 is 2.65 bits per heavy atom. The first kappa shape index (κ1) is 19.4. The second-order valence-corrected chi connectivity index (χ2v) is 5.33. The summed E-state index contributed by atoms with van der Waals surface area (Å²) >= 11 is 0. The summed E-state index contributed by atoms with van der Waals surface area (Å²) in [6.45, 7) is -0.0524. The second kappa shape index (κ2) is 7.98. The van der Waals surface area contributed by atoms with Crippen molar-refractivity contribution in [2.24, 2.45) is 0 Å². The molecule has 2 N–H and O–H groups in total. The largest absolute Gasteiger partial charge is 0.466 e. The number of halogens is 4. The van der Waals surface area contributed by atoms with Gasteiger partial charge in [0.2, 0.25) is 0 Å². The molecule has 2 heterocycles. The number of alkyl halides is 3. The van der Waals surface area contributed by atoms with Crippen LogP contribution in [0.5, 0.6) is 5.88 Å². The molecule has 2 aromatic heterocycles. The van der Waals surface area contributed by atoms with Crippen LogP contribution >= 0.6 is 0 Å². The smallest absolute Gasteiger partial charge is 0.422 e. The molecule has 2 rings (SSSR count). The number of carbonyl (C=O) groups is 1. The van der Waals surface area contributed by atoms with Crippen molar-refractivity contribution in [2.45, 2.75) is 19.1 Å². The van der Waals surface area contributed by atoms with Gasteiger partial charge in [0.1, 0.15) is 5.82 Å². The molecule has 26 heavy (non-hydrogen) atoms. The van der Waals surface area contributed by atoms with Gasteiger partial charge in [-0.2, -0.15) is 13.2 Å². The number of ether oxygens (including phenoxy) is 1. The third kappa shape index (κ3) is 5.30. The van der Waals surface area contributed by atoms with Gasteiger partial charge in [0, 0.05) is 25.0 Å². The zero-order chi connectivity index (χ0) is 19.3. The Morgan fingerprint density at radius 2 is 2.04 bits per heavy atom. The van der Waals surface area contributed by atoms with Crippen LogP contribution in [0.25, 0.3) is 0 Å². The number of nitrogens with one attached hydrogen (secondary N) is 2. The lowest BCUT2D eigenvalue weighted by Gasteiger charge is -2.15. The van der Waals surface area contributed by atoms with Crippen LogP contribution in [0.2, 0.25) is 0 Å². The van der Waals surface area contributed by atoms with Gasteiger partial charge in [-0.05, 0) is 30.7 Å². The lowest BCUT2D eigenvalue weighted by atomic mass is 10.1. The van der Waals surface area contributed by atoms with Crippen LogP contribution < -0.4 is 15.4 Å². The van der Waals surface area contributed by atoms with E-state index in [0.29, 0.717) is 11.4 Å². The van der Waals surface area contributed by atoms with Gasteiger partial charge < -0.3 is 15.4 Å². The van der Waals surface area contributed by atoms with Crippen LogP contribution in [-0.2, 0) is 0 Å². The molecule has 0 aromatic carbocycles. The summed E-state index contributed by atoms with van der Waals surface area (Å²) in [5, 5.41) is 5.44. The van der Waals surface area contributed by atoms with E-state index in [1.54, 1.807) is 14.0 Å². The molecule has 10 heteroatoms. The van der Waals surface area contributed by atoms with Crippen LogP contribution in [0.3, 0.4) is 0 Å². The Hall–Kier alpha value is -2.91. The van der Waals surface area contributed by atoms with Gasteiger partial charge in [-0.25, -0.2) is 14.4 Å². The van der Waals surface area contributed by atoms with E-state index in [2.05, 4.69) is 25.3 Å². The Bertz CT molecular complexity index is 783. The van der Waals surface area contributed by atoms with Crippen molar-refractivity contribution < 1.29 is 27.1 Å². The predicted octanol–water partition coefficient (Wildman–Crippen LogP) is 3.09. The van der Waals surface area contributed by atoms with Crippen molar-refractivity contribution in [1.82, 2.24) is 15.3 Å². The molecule has 0 aliphatic carbocycles. The van der Waals surface area contributed by atoms with E-state index in [-0.39, 0.29) is 5.56 Å². The highest BCUT2D eigenvalue weighted by Gasteiger charge is 2.29. The highest BCUT2D eigenvalue weighted by atomic mass is 19.4. The maximum absolute atomic E-state index is 13.9. The van der Waals surface area contributed by atoms with Crippen LogP contribution in [0.4, 0.5) is 23.4 Å². The number of pyridine rings is 2. The molecule has 1 unspecified atom stereocenters. The fourth-order valence-corrected chi connectivity index (χ4v) is 2.01. The average molecular weight is 372 g/mol. The van der Waals surface area contributed by atoms with E-state index in [1.807, 2.05) is 0 Å². The lowest BCUT2D eigenvalue weighted by Crippen LogP contribution is -2.27. The number of amides is 1. The van der Waals surface area contributed by atoms with E-state index in [0.717, 1.165) is 12.3 Å². The highest BCUT2D eigenvalue weighted by molar-refractivity contribution is 5.95. The summed E-state index contributed by atoms with van der Waals surface area (Å²) in [5.74, 6) is -1.72. The number of hydrogen-bond acceptors (Lipinski definition) is 5. The molecule has 0 radical (unpaired) electrons. The van der Waals surface area contributed by atoms with E-state index in [1.165, 1.54) is 18.3 Å². The number of hydrogen-bond donors (Lipinski definition) is 2. The Balaban J connectivity index is 2.05.